The lowest BCUT2D eigenvalue weighted by atomic mass is 9.99. The van der Waals surface area contributed by atoms with E-state index in [0.717, 1.165) is 55.9 Å². The van der Waals surface area contributed by atoms with Gasteiger partial charge in [0.05, 0.1) is 5.69 Å². The molecule has 0 saturated heterocycles. The Morgan fingerprint density at radius 2 is 1.36 bits per heavy atom. The lowest BCUT2D eigenvalue weighted by Gasteiger charge is -2.13. The van der Waals surface area contributed by atoms with Crippen molar-refractivity contribution in [2.75, 3.05) is 5.32 Å². The summed E-state index contributed by atoms with van der Waals surface area (Å²) in [5, 5.41) is 3.45. The molecule has 1 atom stereocenters. The van der Waals surface area contributed by atoms with Gasteiger partial charge in [-0.3, -0.25) is 4.98 Å². The van der Waals surface area contributed by atoms with E-state index in [0.29, 0.717) is 5.89 Å². The van der Waals surface area contributed by atoms with Crippen LogP contribution in [0.3, 0.4) is 0 Å². The Bertz CT molecular complexity index is 1660. The molecule has 1 aliphatic heterocycles. The summed E-state index contributed by atoms with van der Waals surface area (Å²) in [5.41, 5.74) is 8.84. The number of aromatic nitrogens is 2. The van der Waals surface area contributed by atoms with Crippen LogP contribution >= 0.6 is 0 Å². The second-order valence-electron chi connectivity index (χ2n) is 8.79. The second kappa shape index (κ2) is 8.40. The molecule has 1 aliphatic rings. The third kappa shape index (κ3) is 3.67. The van der Waals surface area contributed by atoms with Crippen molar-refractivity contribution in [2.45, 2.75) is 6.23 Å². The number of nitrogens with one attached hydrogen (secondary N) is 1. The SMILES string of the molecule is c1cc(-c2cncc(-c3cccc(C4Nc5ccccc5O4)c3)c2)cc(-c2nc3ccccc3o2)c1. The van der Waals surface area contributed by atoms with Crippen LogP contribution < -0.4 is 10.1 Å². The number of benzene rings is 4. The molecule has 0 spiro atoms. The van der Waals surface area contributed by atoms with Crippen molar-refractivity contribution < 1.29 is 9.15 Å². The molecule has 5 nitrogen and oxygen atoms in total. The lowest BCUT2D eigenvalue weighted by molar-refractivity contribution is 0.260. The second-order valence-corrected chi connectivity index (χ2v) is 8.79. The number of nitrogens with zero attached hydrogens (tertiary/aromatic N) is 2. The van der Waals surface area contributed by atoms with Gasteiger partial charge in [-0.1, -0.05) is 54.6 Å². The Hall–Kier alpha value is -4.90. The van der Waals surface area contributed by atoms with E-state index < -0.39 is 0 Å². The number of rotatable bonds is 4. The summed E-state index contributed by atoms with van der Waals surface area (Å²) in [7, 11) is 0. The minimum atomic E-state index is -0.216. The molecule has 1 unspecified atom stereocenters. The molecule has 7 rings (SSSR count). The first-order chi connectivity index (χ1) is 17.8. The maximum atomic E-state index is 6.11. The topological polar surface area (TPSA) is 60.2 Å². The molecule has 36 heavy (non-hydrogen) atoms. The van der Waals surface area contributed by atoms with E-state index in [1.54, 1.807) is 0 Å². The molecule has 5 heteroatoms. The number of para-hydroxylation sites is 4. The highest BCUT2D eigenvalue weighted by atomic mass is 16.5. The van der Waals surface area contributed by atoms with Crippen LogP contribution in [0.25, 0.3) is 44.8 Å². The van der Waals surface area contributed by atoms with Gasteiger partial charge in [0.25, 0.3) is 0 Å². The quantitative estimate of drug-likeness (QED) is 0.287. The minimum Gasteiger partial charge on any atom is -0.464 e. The van der Waals surface area contributed by atoms with Crippen LogP contribution in [0.4, 0.5) is 5.69 Å². The van der Waals surface area contributed by atoms with E-state index in [2.05, 4.69) is 57.7 Å². The van der Waals surface area contributed by atoms with Gasteiger partial charge in [0.2, 0.25) is 5.89 Å². The Balaban J connectivity index is 1.20. The van der Waals surface area contributed by atoms with Gasteiger partial charge in [0.1, 0.15) is 11.3 Å². The molecular weight excluding hydrogens is 446 g/mol. The van der Waals surface area contributed by atoms with Crippen LogP contribution in [0.5, 0.6) is 5.75 Å². The van der Waals surface area contributed by atoms with Crippen LogP contribution in [-0.2, 0) is 0 Å². The van der Waals surface area contributed by atoms with Crippen LogP contribution in [-0.4, -0.2) is 9.97 Å². The Labute approximate surface area is 208 Å². The molecule has 2 aromatic heterocycles. The highest BCUT2D eigenvalue weighted by Crippen LogP contribution is 2.38. The molecule has 0 amide bonds. The standard InChI is InChI=1S/C31H21N3O2/c1-3-13-28-26(11-1)33-30(35-28)22-9-5-7-20(15-22)24-17-25(19-32-18-24)21-8-6-10-23(16-21)31-34-27-12-2-4-14-29(27)36-31/h1-19,30,33H. The first kappa shape index (κ1) is 20.5. The third-order valence-electron chi connectivity index (χ3n) is 6.42. The fourth-order valence-electron chi connectivity index (χ4n) is 4.60. The zero-order valence-corrected chi connectivity index (χ0v) is 19.3. The van der Waals surface area contributed by atoms with E-state index in [4.69, 9.17) is 9.15 Å². The van der Waals surface area contributed by atoms with Crippen LogP contribution in [0.15, 0.2) is 120 Å². The molecule has 0 fully saturated rings. The van der Waals surface area contributed by atoms with Crippen LogP contribution in [0.2, 0.25) is 0 Å². The summed E-state index contributed by atoms with van der Waals surface area (Å²) in [5.74, 6) is 1.48. The lowest BCUT2D eigenvalue weighted by Crippen LogP contribution is -2.10. The van der Waals surface area contributed by atoms with Gasteiger partial charge in [0, 0.05) is 34.6 Å². The van der Waals surface area contributed by atoms with Crippen molar-refractivity contribution in [3.8, 4) is 39.5 Å². The van der Waals surface area contributed by atoms with E-state index in [-0.39, 0.29) is 6.23 Å². The van der Waals surface area contributed by atoms with Gasteiger partial charge in [-0.2, -0.15) is 0 Å². The fourth-order valence-corrected chi connectivity index (χ4v) is 4.60. The van der Waals surface area contributed by atoms with E-state index in [1.807, 2.05) is 73.1 Å². The summed E-state index contributed by atoms with van der Waals surface area (Å²) < 4.78 is 12.1. The Kier molecular flexibility index (Phi) is 4.77. The number of pyridine rings is 1. The average molecular weight is 468 g/mol. The van der Waals surface area contributed by atoms with Crippen molar-refractivity contribution in [3.63, 3.8) is 0 Å². The Morgan fingerprint density at radius 1 is 0.639 bits per heavy atom. The summed E-state index contributed by atoms with van der Waals surface area (Å²) in [6.45, 7) is 0. The van der Waals surface area contributed by atoms with Crippen LogP contribution in [0.1, 0.15) is 11.8 Å². The molecule has 0 aliphatic carbocycles. The molecule has 0 radical (unpaired) electrons. The zero-order valence-electron chi connectivity index (χ0n) is 19.3. The summed E-state index contributed by atoms with van der Waals surface area (Å²) in [4.78, 5) is 9.19. The number of anilines is 1. The van der Waals surface area contributed by atoms with Crippen LogP contribution in [0, 0.1) is 0 Å². The average Bonchev–Trinajstić information content (AvgIpc) is 3.58. The highest BCUT2D eigenvalue weighted by molar-refractivity contribution is 5.78. The van der Waals surface area contributed by atoms with E-state index >= 15 is 0 Å². The summed E-state index contributed by atoms with van der Waals surface area (Å²) in [6.07, 6.45) is 3.56. The van der Waals surface area contributed by atoms with Crippen molar-refractivity contribution in [1.82, 2.24) is 9.97 Å². The molecule has 4 aromatic carbocycles. The van der Waals surface area contributed by atoms with Gasteiger partial charge in [-0.25, -0.2) is 4.98 Å². The molecule has 172 valence electrons. The number of ether oxygens (including phenoxy) is 1. The summed E-state index contributed by atoms with van der Waals surface area (Å²) in [6, 6.07) is 34.6. The van der Waals surface area contributed by atoms with Crippen molar-refractivity contribution >= 4 is 16.8 Å². The molecule has 6 aromatic rings. The maximum Gasteiger partial charge on any atom is 0.227 e. The van der Waals surface area contributed by atoms with Gasteiger partial charge >= 0.3 is 0 Å². The van der Waals surface area contributed by atoms with Gasteiger partial charge < -0.3 is 14.5 Å². The molecule has 3 heterocycles. The fraction of sp³-hybridized carbons (Fsp3) is 0.0323. The first-order valence-corrected chi connectivity index (χ1v) is 11.8. The van der Waals surface area contributed by atoms with Crippen molar-refractivity contribution in [3.05, 3.63) is 121 Å². The molecule has 1 N–H and O–H groups in total. The predicted molar refractivity (Wildman–Crippen MR) is 142 cm³/mol. The highest BCUT2D eigenvalue weighted by Gasteiger charge is 2.23. The predicted octanol–water partition coefficient (Wildman–Crippen LogP) is 7.73. The number of hydrogen-bond acceptors (Lipinski definition) is 5. The monoisotopic (exact) mass is 467 g/mol. The van der Waals surface area contributed by atoms with Gasteiger partial charge in [-0.05, 0) is 59.7 Å². The number of hydrogen-bond donors (Lipinski definition) is 1. The molecule has 0 saturated carbocycles. The van der Waals surface area contributed by atoms with Gasteiger partial charge in [0.15, 0.2) is 11.8 Å². The maximum absolute atomic E-state index is 6.11. The summed E-state index contributed by atoms with van der Waals surface area (Å²) >= 11 is 0. The number of fused-ring (bicyclic) bond motifs is 2. The molecular formula is C31H21N3O2. The third-order valence-corrected chi connectivity index (χ3v) is 6.42. The van der Waals surface area contributed by atoms with Crippen molar-refractivity contribution in [2.24, 2.45) is 0 Å². The minimum absolute atomic E-state index is 0.216. The first-order valence-electron chi connectivity index (χ1n) is 11.8. The smallest absolute Gasteiger partial charge is 0.227 e. The Morgan fingerprint density at radius 3 is 2.22 bits per heavy atom. The number of oxazole rings is 1. The van der Waals surface area contributed by atoms with E-state index in [1.165, 1.54) is 0 Å². The van der Waals surface area contributed by atoms with E-state index in [9.17, 15) is 0 Å². The molecule has 0 bridgehead atoms. The van der Waals surface area contributed by atoms with Crippen molar-refractivity contribution in [1.29, 1.82) is 0 Å². The normalized spacial score (nSPS) is 14.3. The zero-order chi connectivity index (χ0) is 23.9. The van der Waals surface area contributed by atoms with Gasteiger partial charge in [-0.15, -0.1) is 0 Å². The largest absolute Gasteiger partial charge is 0.464 e.